The van der Waals surface area contributed by atoms with E-state index < -0.39 is 0 Å². The molecule has 1 aliphatic rings. The molecule has 1 heterocycles. The maximum Gasteiger partial charge on any atom is 0.319 e. The van der Waals surface area contributed by atoms with Crippen LogP contribution in [0.15, 0.2) is 12.1 Å². The van der Waals surface area contributed by atoms with Crippen LogP contribution in [0.1, 0.15) is 24.8 Å². The predicted molar refractivity (Wildman–Crippen MR) is 78.8 cm³/mol. The van der Waals surface area contributed by atoms with Crippen LogP contribution in [-0.4, -0.2) is 25.2 Å². The average molecular weight is 300 g/mol. The van der Waals surface area contributed by atoms with Crippen LogP contribution in [-0.2, 0) is 0 Å². The Hall–Kier alpha value is -1.33. The Kier molecular flexibility index (Phi) is 5.20. The SMILES string of the molecule is Cc1cc(NC(=O)NCC[C@H]2CCCN2)c(Cl)cc1F. The van der Waals surface area contributed by atoms with E-state index in [0.717, 1.165) is 19.4 Å². The van der Waals surface area contributed by atoms with Gasteiger partial charge in [0, 0.05) is 12.6 Å². The predicted octanol–water partition coefficient (Wildman–Crippen LogP) is 3.05. The van der Waals surface area contributed by atoms with Crippen molar-refractivity contribution in [2.45, 2.75) is 32.2 Å². The van der Waals surface area contributed by atoms with Crippen molar-refractivity contribution >= 4 is 23.3 Å². The van der Waals surface area contributed by atoms with Crippen LogP contribution in [0.25, 0.3) is 0 Å². The van der Waals surface area contributed by atoms with E-state index in [-0.39, 0.29) is 16.9 Å². The largest absolute Gasteiger partial charge is 0.338 e. The number of hydrogen-bond donors (Lipinski definition) is 3. The molecule has 2 rings (SSSR count). The zero-order chi connectivity index (χ0) is 14.5. The second kappa shape index (κ2) is 6.90. The molecular formula is C14H19ClFN3O. The quantitative estimate of drug-likeness (QED) is 0.800. The average Bonchev–Trinajstić information content (AvgIpc) is 2.89. The number of carbonyl (C=O) groups excluding carboxylic acids is 1. The Labute approximate surface area is 123 Å². The van der Waals surface area contributed by atoms with Gasteiger partial charge in [-0.15, -0.1) is 0 Å². The van der Waals surface area contributed by atoms with Crippen LogP contribution >= 0.6 is 11.6 Å². The minimum atomic E-state index is -0.381. The maximum absolute atomic E-state index is 13.3. The highest BCUT2D eigenvalue weighted by molar-refractivity contribution is 6.33. The molecule has 0 spiro atoms. The summed E-state index contributed by atoms with van der Waals surface area (Å²) in [5.41, 5.74) is 0.863. The minimum Gasteiger partial charge on any atom is -0.338 e. The first-order valence-corrected chi connectivity index (χ1v) is 7.18. The first kappa shape index (κ1) is 15.1. The third-order valence-corrected chi connectivity index (χ3v) is 3.75. The summed E-state index contributed by atoms with van der Waals surface area (Å²) in [6, 6.07) is 2.90. The van der Waals surface area contributed by atoms with Gasteiger partial charge in [-0.1, -0.05) is 11.6 Å². The molecule has 20 heavy (non-hydrogen) atoms. The van der Waals surface area contributed by atoms with Gasteiger partial charge in [-0.3, -0.25) is 0 Å². The van der Waals surface area contributed by atoms with Gasteiger partial charge in [0.25, 0.3) is 0 Å². The molecule has 6 heteroatoms. The van der Waals surface area contributed by atoms with E-state index in [1.165, 1.54) is 18.6 Å². The topological polar surface area (TPSA) is 53.2 Å². The Morgan fingerprint density at radius 3 is 3.05 bits per heavy atom. The van der Waals surface area contributed by atoms with E-state index in [0.29, 0.717) is 23.8 Å². The fourth-order valence-corrected chi connectivity index (χ4v) is 2.48. The molecule has 1 aliphatic heterocycles. The second-order valence-corrected chi connectivity index (χ2v) is 5.45. The Balaban J connectivity index is 1.80. The maximum atomic E-state index is 13.3. The van der Waals surface area contributed by atoms with Gasteiger partial charge in [0.05, 0.1) is 10.7 Å². The van der Waals surface area contributed by atoms with Crippen molar-refractivity contribution in [3.63, 3.8) is 0 Å². The number of anilines is 1. The number of benzene rings is 1. The smallest absolute Gasteiger partial charge is 0.319 e. The van der Waals surface area contributed by atoms with E-state index in [1.54, 1.807) is 6.92 Å². The lowest BCUT2D eigenvalue weighted by Gasteiger charge is -2.12. The number of amides is 2. The van der Waals surface area contributed by atoms with Gasteiger partial charge in [-0.05, 0) is 50.4 Å². The Bertz CT molecular complexity index is 490. The third-order valence-electron chi connectivity index (χ3n) is 3.44. The van der Waals surface area contributed by atoms with Crippen molar-refractivity contribution < 1.29 is 9.18 Å². The molecule has 0 saturated carbocycles. The molecule has 0 unspecified atom stereocenters. The number of nitrogens with one attached hydrogen (secondary N) is 3. The number of hydrogen-bond acceptors (Lipinski definition) is 2. The normalized spacial score (nSPS) is 18.1. The lowest BCUT2D eigenvalue weighted by atomic mass is 10.1. The summed E-state index contributed by atoms with van der Waals surface area (Å²) in [6.07, 6.45) is 3.26. The van der Waals surface area contributed by atoms with E-state index in [1.807, 2.05) is 0 Å². The molecule has 1 fully saturated rings. The Morgan fingerprint density at radius 1 is 1.55 bits per heavy atom. The summed E-state index contributed by atoms with van der Waals surface area (Å²) in [4.78, 5) is 11.7. The van der Waals surface area contributed by atoms with Gasteiger partial charge in [0.15, 0.2) is 0 Å². The first-order chi connectivity index (χ1) is 9.56. The summed E-state index contributed by atoms with van der Waals surface area (Å²) in [6.45, 7) is 3.28. The lowest BCUT2D eigenvalue weighted by molar-refractivity contribution is 0.251. The highest BCUT2D eigenvalue weighted by atomic mass is 35.5. The van der Waals surface area contributed by atoms with Crippen molar-refractivity contribution in [3.05, 3.63) is 28.5 Å². The van der Waals surface area contributed by atoms with E-state index >= 15 is 0 Å². The molecule has 0 bridgehead atoms. The van der Waals surface area contributed by atoms with Gasteiger partial charge in [-0.2, -0.15) is 0 Å². The van der Waals surface area contributed by atoms with Gasteiger partial charge in [0.1, 0.15) is 5.82 Å². The lowest BCUT2D eigenvalue weighted by Crippen LogP contribution is -2.33. The van der Waals surface area contributed by atoms with Gasteiger partial charge < -0.3 is 16.0 Å². The van der Waals surface area contributed by atoms with Crippen molar-refractivity contribution in [2.75, 3.05) is 18.4 Å². The van der Waals surface area contributed by atoms with Gasteiger partial charge in [0.2, 0.25) is 0 Å². The van der Waals surface area contributed by atoms with Crippen LogP contribution in [0.5, 0.6) is 0 Å². The fourth-order valence-electron chi connectivity index (χ4n) is 2.28. The second-order valence-electron chi connectivity index (χ2n) is 5.04. The van der Waals surface area contributed by atoms with Crippen molar-refractivity contribution in [3.8, 4) is 0 Å². The number of urea groups is 1. The monoisotopic (exact) mass is 299 g/mol. The minimum absolute atomic E-state index is 0.195. The number of carbonyl (C=O) groups is 1. The van der Waals surface area contributed by atoms with Gasteiger partial charge in [-0.25, -0.2) is 9.18 Å². The third kappa shape index (κ3) is 4.08. The summed E-state index contributed by atoms with van der Waals surface area (Å²) in [5, 5.41) is 8.97. The van der Waals surface area contributed by atoms with Crippen LogP contribution in [0.3, 0.4) is 0 Å². The summed E-state index contributed by atoms with van der Waals surface area (Å²) >= 11 is 5.89. The zero-order valence-corrected chi connectivity index (χ0v) is 12.2. The fraction of sp³-hybridized carbons (Fsp3) is 0.500. The van der Waals surface area contributed by atoms with Crippen LogP contribution in [0.4, 0.5) is 14.9 Å². The van der Waals surface area contributed by atoms with E-state index in [9.17, 15) is 9.18 Å². The number of rotatable bonds is 4. The number of halogens is 2. The van der Waals surface area contributed by atoms with Crippen LogP contribution < -0.4 is 16.0 Å². The molecule has 0 radical (unpaired) electrons. The highest BCUT2D eigenvalue weighted by Crippen LogP contribution is 2.25. The van der Waals surface area contributed by atoms with Gasteiger partial charge >= 0.3 is 6.03 Å². The zero-order valence-electron chi connectivity index (χ0n) is 11.4. The van der Waals surface area contributed by atoms with E-state index in [2.05, 4.69) is 16.0 Å². The van der Waals surface area contributed by atoms with Crippen molar-refractivity contribution in [1.82, 2.24) is 10.6 Å². The molecule has 110 valence electrons. The standard InChI is InChI=1S/C14H19ClFN3O/c1-9-7-13(11(15)8-12(9)16)19-14(20)18-6-4-10-3-2-5-17-10/h7-8,10,17H,2-6H2,1H3,(H2,18,19,20)/t10-/m1/s1. The van der Waals surface area contributed by atoms with Crippen molar-refractivity contribution in [2.24, 2.45) is 0 Å². The molecular weight excluding hydrogens is 281 g/mol. The summed E-state index contributed by atoms with van der Waals surface area (Å²) < 4.78 is 13.3. The van der Waals surface area contributed by atoms with Crippen molar-refractivity contribution in [1.29, 1.82) is 0 Å². The van der Waals surface area contributed by atoms with Crippen LogP contribution in [0.2, 0.25) is 5.02 Å². The Morgan fingerprint density at radius 2 is 2.35 bits per heavy atom. The molecule has 0 aromatic heterocycles. The number of aryl methyl sites for hydroxylation is 1. The highest BCUT2D eigenvalue weighted by Gasteiger charge is 2.14. The molecule has 0 aliphatic carbocycles. The molecule has 3 N–H and O–H groups in total. The van der Waals surface area contributed by atoms with E-state index in [4.69, 9.17) is 11.6 Å². The molecule has 1 aromatic carbocycles. The molecule has 4 nitrogen and oxygen atoms in total. The summed E-state index contributed by atoms with van der Waals surface area (Å²) in [7, 11) is 0. The molecule has 1 atom stereocenters. The van der Waals surface area contributed by atoms with Crippen LogP contribution in [0, 0.1) is 12.7 Å². The molecule has 1 aromatic rings. The first-order valence-electron chi connectivity index (χ1n) is 6.80. The summed E-state index contributed by atoms with van der Waals surface area (Å²) in [5.74, 6) is -0.381. The molecule has 1 saturated heterocycles. The molecule has 2 amide bonds.